The second-order valence-electron chi connectivity index (χ2n) is 4.67. The molecule has 0 unspecified atom stereocenters. The molecule has 0 atom stereocenters. The molecule has 14 heavy (non-hydrogen) atoms. The molecule has 80 valence electrons. The lowest BCUT2D eigenvalue weighted by Gasteiger charge is -2.29. The molecule has 2 heteroatoms. The Morgan fingerprint density at radius 2 is 1.86 bits per heavy atom. The molecule has 0 spiro atoms. The highest BCUT2D eigenvalue weighted by Crippen LogP contribution is 2.30. The van der Waals surface area contributed by atoms with Crippen molar-refractivity contribution in [2.75, 3.05) is 32.7 Å². The fourth-order valence-electron chi connectivity index (χ4n) is 2.62. The molecule has 2 fully saturated rings. The van der Waals surface area contributed by atoms with Crippen LogP contribution in [0.2, 0.25) is 0 Å². The van der Waals surface area contributed by atoms with E-state index in [1.165, 1.54) is 44.3 Å². The first-order valence-electron chi connectivity index (χ1n) is 5.97. The highest BCUT2D eigenvalue weighted by Gasteiger charge is 2.20. The van der Waals surface area contributed by atoms with Crippen LogP contribution < -0.4 is 5.32 Å². The van der Waals surface area contributed by atoms with Gasteiger partial charge in [-0.25, -0.2) is 0 Å². The van der Waals surface area contributed by atoms with Gasteiger partial charge in [0, 0.05) is 32.7 Å². The Bertz CT molecular complexity index is 188. The zero-order valence-electron chi connectivity index (χ0n) is 9.10. The molecule has 0 aromatic rings. The quantitative estimate of drug-likeness (QED) is 0.687. The molecule has 1 N–H and O–H groups in total. The summed E-state index contributed by atoms with van der Waals surface area (Å²) >= 11 is 0. The fourth-order valence-corrected chi connectivity index (χ4v) is 2.62. The number of hydrogen-bond acceptors (Lipinski definition) is 2. The first-order valence-corrected chi connectivity index (χ1v) is 5.97. The van der Waals surface area contributed by atoms with E-state index < -0.39 is 0 Å². The monoisotopic (exact) mass is 194 g/mol. The third-order valence-electron chi connectivity index (χ3n) is 3.57. The SMILES string of the molecule is C=C(CN1CCNCC1)C1CCCC1. The van der Waals surface area contributed by atoms with Crippen LogP contribution in [-0.4, -0.2) is 37.6 Å². The third-order valence-corrected chi connectivity index (χ3v) is 3.57. The lowest BCUT2D eigenvalue weighted by molar-refractivity contribution is 0.253. The molecule has 0 aromatic carbocycles. The van der Waals surface area contributed by atoms with Crippen LogP contribution in [0.25, 0.3) is 0 Å². The number of nitrogens with zero attached hydrogens (tertiary/aromatic N) is 1. The minimum Gasteiger partial charge on any atom is -0.314 e. The normalized spacial score (nSPS) is 25.4. The maximum atomic E-state index is 4.27. The van der Waals surface area contributed by atoms with Gasteiger partial charge in [0.05, 0.1) is 0 Å². The summed E-state index contributed by atoms with van der Waals surface area (Å²) in [6.07, 6.45) is 5.63. The zero-order valence-corrected chi connectivity index (χ0v) is 9.10. The van der Waals surface area contributed by atoms with Gasteiger partial charge >= 0.3 is 0 Å². The first-order chi connectivity index (χ1) is 6.86. The summed E-state index contributed by atoms with van der Waals surface area (Å²) in [5.41, 5.74) is 1.49. The Hall–Kier alpha value is -0.340. The van der Waals surface area contributed by atoms with Crippen molar-refractivity contribution in [3.8, 4) is 0 Å². The topological polar surface area (TPSA) is 15.3 Å². The third kappa shape index (κ3) is 2.58. The Labute approximate surface area is 87.4 Å². The summed E-state index contributed by atoms with van der Waals surface area (Å²) in [6.45, 7) is 10.1. The Kier molecular flexibility index (Phi) is 3.60. The molecule has 2 nitrogen and oxygen atoms in total. The van der Waals surface area contributed by atoms with E-state index in [2.05, 4.69) is 16.8 Å². The molecular formula is C12H22N2. The van der Waals surface area contributed by atoms with Gasteiger partial charge in [0.25, 0.3) is 0 Å². The van der Waals surface area contributed by atoms with E-state index in [1.807, 2.05) is 0 Å². The van der Waals surface area contributed by atoms with Gasteiger partial charge in [-0.1, -0.05) is 25.0 Å². The molecule has 0 bridgehead atoms. The van der Waals surface area contributed by atoms with Crippen LogP contribution in [0.15, 0.2) is 12.2 Å². The molecule has 1 saturated heterocycles. The lowest BCUT2D eigenvalue weighted by Crippen LogP contribution is -2.44. The van der Waals surface area contributed by atoms with E-state index in [4.69, 9.17) is 0 Å². The molecule has 0 aromatic heterocycles. The minimum atomic E-state index is 0.838. The zero-order chi connectivity index (χ0) is 9.80. The van der Waals surface area contributed by atoms with Crippen molar-refractivity contribution in [2.24, 2.45) is 5.92 Å². The van der Waals surface area contributed by atoms with Gasteiger partial charge in [-0.15, -0.1) is 0 Å². The lowest BCUT2D eigenvalue weighted by atomic mass is 9.98. The van der Waals surface area contributed by atoms with Crippen molar-refractivity contribution in [1.29, 1.82) is 0 Å². The largest absolute Gasteiger partial charge is 0.314 e. The fraction of sp³-hybridized carbons (Fsp3) is 0.833. The van der Waals surface area contributed by atoms with Crippen molar-refractivity contribution < 1.29 is 0 Å². The standard InChI is InChI=1S/C12H22N2/c1-11(12-4-2-3-5-12)10-14-8-6-13-7-9-14/h12-13H,1-10H2. The van der Waals surface area contributed by atoms with Crippen LogP contribution in [0.3, 0.4) is 0 Å². The Morgan fingerprint density at radius 3 is 2.50 bits per heavy atom. The number of hydrogen-bond donors (Lipinski definition) is 1. The molecule has 0 amide bonds. The average molecular weight is 194 g/mol. The van der Waals surface area contributed by atoms with Crippen molar-refractivity contribution in [2.45, 2.75) is 25.7 Å². The maximum Gasteiger partial charge on any atom is 0.0194 e. The van der Waals surface area contributed by atoms with Gasteiger partial charge in [0.2, 0.25) is 0 Å². The van der Waals surface area contributed by atoms with E-state index in [0.717, 1.165) is 25.6 Å². The maximum absolute atomic E-state index is 4.27. The summed E-state index contributed by atoms with van der Waals surface area (Å²) in [5, 5.41) is 3.39. The highest BCUT2D eigenvalue weighted by molar-refractivity contribution is 5.05. The van der Waals surface area contributed by atoms with Crippen LogP contribution in [0.5, 0.6) is 0 Å². The first kappa shape index (κ1) is 10.2. The van der Waals surface area contributed by atoms with Crippen LogP contribution in [-0.2, 0) is 0 Å². The van der Waals surface area contributed by atoms with Crippen molar-refractivity contribution >= 4 is 0 Å². The highest BCUT2D eigenvalue weighted by atomic mass is 15.2. The summed E-state index contributed by atoms with van der Waals surface area (Å²) in [7, 11) is 0. The summed E-state index contributed by atoms with van der Waals surface area (Å²) in [4.78, 5) is 2.54. The van der Waals surface area contributed by atoms with Gasteiger partial charge in [-0.3, -0.25) is 4.90 Å². The molecule has 1 aliphatic heterocycles. The predicted octanol–water partition coefficient (Wildman–Crippen LogP) is 1.64. The van der Waals surface area contributed by atoms with Crippen LogP contribution >= 0.6 is 0 Å². The van der Waals surface area contributed by atoms with E-state index in [1.54, 1.807) is 0 Å². The molecule has 0 radical (unpaired) electrons. The molecule has 2 aliphatic rings. The van der Waals surface area contributed by atoms with Gasteiger partial charge < -0.3 is 5.32 Å². The van der Waals surface area contributed by atoms with E-state index in [-0.39, 0.29) is 0 Å². The van der Waals surface area contributed by atoms with Gasteiger partial charge in [-0.2, -0.15) is 0 Å². The van der Waals surface area contributed by atoms with E-state index in [9.17, 15) is 0 Å². The van der Waals surface area contributed by atoms with Crippen LogP contribution in [0, 0.1) is 5.92 Å². The molecule has 1 aliphatic carbocycles. The predicted molar refractivity (Wildman–Crippen MR) is 60.4 cm³/mol. The number of rotatable bonds is 3. The van der Waals surface area contributed by atoms with Gasteiger partial charge in [0.1, 0.15) is 0 Å². The Morgan fingerprint density at radius 1 is 1.21 bits per heavy atom. The minimum absolute atomic E-state index is 0.838. The van der Waals surface area contributed by atoms with Gasteiger partial charge in [0.15, 0.2) is 0 Å². The summed E-state index contributed by atoms with van der Waals surface area (Å²) in [5.74, 6) is 0.838. The van der Waals surface area contributed by atoms with Crippen molar-refractivity contribution in [1.82, 2.24) is 10.2 Å². The molecule has 2 rings (SSSR count). The number of piperazine rings is 1. The second-order valence-corrected chi connectivity index (χ2v) is 4.67. The van der Waals surface area contributed by atoms with Crippen molar-refractivity contribution in [3.05, 3.63) is 12.2 Å². The molecule has 1 saturated carbocycles. The van der Waals surface area contributed by atoms with E-state index in [0.29, 0.717) is 0 Å². The molecule has 1 heterocycles. The van der Waals surface area contributed by atoms with Crippen LogP contribution in [0.1, 0.15) is 25.7 Å². The average Bonchev–Trinajstić information content (AvgIpc) is 2.72. The van der Waals surface area contributed by atoms with E-state index >= 15 is 0 Å². The van der Waals surface area contributed by atoms with Crippen molar-refractivity contribution in [3.63, 3.8) is 0 Å². The Balaban J connectivity index is 1.75. The smallest absolute Gasteiger partial charge is 0.0194 e. The van der Waals surface area contributed by atoms with Crippen LogP contribution in [0.4, 0.5) is 0 Å². The summed E-state index contributed by atoms with van der Waals surface area (Å²) in [6, 6.07) is 0. The number of nitrogens with one attached hydrogen (secondary N) is 1. The molecular weight excluding hydrogens is 172 g/mol. The second kappa shape index (κ2) is 4.94. The van der Waals surface area contributed by atoms with Gasteiger partial charge in [-0.05, 0) is 18.8 Å². The summed E-state index contributed by atoms with van der Waals surface area (Å²) < 4.78 is 0.